The monoisotopic (exact) mass is 726 g/mol. The van der Waals surface area contributed by atoms with E-state index in [1.807, 2.05) is 18.4 Å². The van der Waals surface area contributed by atoms with E-state index in [1.165, 1.54) is 34.7 Å². The summed E-state index contributed by atoms with van der Waals surface area (Å²) in [5.41, 5.74) is 8.19. The number of rotatable bonds is 6. The summed E-state index contributed by atoms with van der Waals surface area (Å²) in [6.45, 7) is 4.71. The number of allylic oxidation sites excluding steroid dienone is 2. The number of carboxylic acids is 2. The number of nitrogen functional groups attached to an aromatic ring is 1. The fourth-order valence-corrected chi connectivity index (χ4v) is 7.39. The van der Waals surface area contributed by atoms with Crippen molar-refractivity contribution in [2.75, 3.05) is 6.26 Å². The minimum absolute atomic E-state index is 0.142. The maximum Gasteiger partial charge on any atom is 0.490 e. The van der Waals surface area contributed by atoms with Crippen molar-refractivity contribution in [2.45, 2.75) is 46.7 Å². The number of fused-ring (bicyclic) bond motifs is 1. The van der Waals surface area contributed by atoms with Crippen LogP contribution in [0.2, 0.25) is 0 Å². The zero-order valence-electron chi connectivity index (χ0n) is 21.5. The Hall–Kier alpha value is -3.10. The zero-order chi connectivity index (χ0) is 32.8. The van der Waals surface area contributed by atoms with Crippen molar-refractivity contribution in [3.8, 4) is 0 Å². The fraction of sp³-hybridized carbons (Fsp3) is 0.273. The van der Waals surface area contributed by atoms with Gasteiger partial charge in [-0.2, -0.15) is 26.3 Å². The van der Waals surface area contributed by atoms with E-state index < -0.39 is 34.1 Å². The lowest BCUT2D eigenvalue weighted by Gasteiger charge is -2.08. The number of amidine groups is 1. The van der Waals surface area contributed by atoms with Crippen molar-refractivity contribution in [3.05, 3.63) is 45.5 Å². The average molecular weight is 728 g/mol. The zero-order valence-corrected chi connectivity index (χ0v) is 25.5. The van der Waals surface area contributed by atoms with Gasteiger partial charge in [0.25, 0.3) is 0 Å². The lowest BCUT2D eigenvalue weighted by Crippen LogP contribution is -2.21. The van der Waals surface area contributed by atoms with Crippen molar-refractivity contribution in [3.63, 3.8) is 0 Å². The van der Waals surface area contributed by atoms with E-state index >= 15 is 0 Å². The van der Waals surface area contributed by atoms with Gasteiger partial charge in [0.15, 0.2) is 0 Å². The third kappa shape index (κ3) is 10.0. The number of carbonyl (C=O) groups is 2. The van der Waals surface area contributed by atoms with Gasteiger partial charge < -0.3 is 20.5 Å². The van der Waals surface area contributed by atoms with Crippen molar-refractivity contribution < 1.29 is 54.6 Å². The average Bonchev–Trinajstić information content (AvgIpc) is 3.47. The largest absolute Gasteiger partial charge is 0.490 e. The number of thioether (sulfide) groups is 1. The van der Waals surface area contributed by atoms with E-state index in [0.717, 1.165) is 5.52 Å². The van der Waals surface area contributed by atoms with E-state index in [0.29, 0.717) is 25.6 Å². The number of sulfone groups is 1. The summed E-state index contributed by atoms with van der Waals surface area (Å²) >= 11 is 6.04. The van der Waals surface area contributed by atoms with E-state index in [-0.39, 0.29) is 15.6 Å². The summed E-state index contributed by atoms with van der Waals surface area (Å²) in [5, 5.41) is 21.9. The van der Waals surface area contributed by atoms with Gasteiger partial charge in [0.05, 0.1) is 36.2 Å². The maximum atomic E-state index is 13.3. The molecular weight excluding hydrogens is 706 g/mol. The molecule has 232 valence electrons. The van der Waals surface area contributed by atoms with Crippen LogP contribution in [0.15, 0.2) is 54.6 Å². The Morgan fingerprint density at radius 2 is 1.62 bits per heavy atom. The van der Waals surface area contributed by atoms with Crippen LogP contribution in [-0.2, 0) is 26.0 Å². The molecule has 0 fully saturated rings. The molecule has 1 aromatic carbocycles. The topological polar surface area (TPSA) is 176 Å². The SMILES string of the molecule is CSc1sc(C(=N)N)cc1S(=O)(=O)c1cc(Br)c2c(c1)ncn2CC=C(C)C.O=C(O)C(F)(F)F.O=C(O)C(F)(F)F. The van der Waals surface area contributed by atoms with Crippen LogP contribution < -0.4 is 5.73 Å². The summed E-state index contributed by atoms with van der Waals surface area (Å²) in [6, 6.07) is 4.66. The van der Waals surface area contributed by atoms with E-state index in [9.17, 15) is 34.8 Å². The van der Waals surface area contributed by atoms with Gasteiger partial charge in [-0.15, -0.1) is 23.1 Å². The number of hydrogen-bond donors (Lipinski definition) is 4. The summed E-state index contributed by atoms with van der Waals surface area (Å²) in [7, 11) is -3.78. The maximum absolute atomic E-state index is 13.3. The van der Waals surface area contributed by atoms with Gasteiger partial charge in [0, 0.05) is 11.0 Å². The second-order valence-corrected chi connectivity index (χ2v) is 12.8. The molecule has 0 aliphatic carbocycles. The van der Waals surface area contributed by atoms with E-state index in [4.69, 9.17) is 30.9 Å². The molecule has 20 heteroatoms. The van der Waals surface area contributed by atoms with Gasteiger partial charge in [-0.25, -0.2) is 23.0 Å². The number of nitrogens with one attached hydrogen (secondary N) is 1. The molecule has 3 aromatic rings. The summed E-state index contributed by atoms with van der Waals surface area (Å²) in [5.74, 6) is -5.66. The molecule has 0 saturated heterocycles. The molecule has 2 heterocycles. The molecule has 3 rings (SSSR count). The molecule has 0 saturated carbocycles. The smallest absolute Gasteiger partial charge is 0.475 e. The fourth-order valence-electron chi connectivity index (χ4n) is 2.65. The second-order valence-electron chi connectivity index (χ2n) is 7.94. The van der Waals surface area contributed by atoms with Gasteiger partial charge in [-0.1, -0.05) is 11.6 Å². The number of nitrogens with zero attached hydrogens (tertiary/aromatic N) is 2. The first-order valence-electron chi connectivity index (χ1n) is 10.7. The number of aromatic nitrogens is 2. The van der Waals surface area contributed by atoms with Crippen molar-refractivity contribution in [1.29, 1.82) is 5.41 Å². The number of imidazole rings is 1. The molecule has 0 spiro atoms. The Kier molecular flexibility index (Phi) is 12.6. The van der Waals surface area contributed by atoms with Crippen molar-refractivity contribution in [1.82, 2.24) is 9.55 Å². The third-order valence-electron chi connectivity index (χ3n) is 4.54. The van der Waals surface area contributed by atoms with Crippen LogP contribution in [0.5, 0.6) is 0 Å². The summed E-state index contributed by atoms with van der Waals surface area (Å²) < 4.78 is 93.3. The number of alkyl halides is 6. The molecule has 2 aromatic heterocycles. The van der Waals surface area contributed by atoms with Gasteiger partial charge >= 0.3 is 24.3 Å². The highest BCUT2D eigenvalue weighted by molar-refractivity contribution is 9.10. The molecule has 10 nitrogen and oxygen atoms in total. The quantitative estimate of drug-likeness (QED) is 0.0788. The van der Waals surface area contributed by atoms with Crippen LogP contribution in [0.25, 0.3) is 11.0 Å². The Morgan fingerprint density at radius 3 is 2.02 bits per heavy atom. The first kappa shape index (κ1) is 36.9. The number of thiophene rings is 1. The Balaban J connectivity index is 0.000000522. The standard InChI is InChI=1S/C18H19BrN4O2S3.2C2HF3O2/c1-10(2)4-5-23-9-22-13-7-11(6-12(19)16(13)23)28(24,25)15-8-14(17(20)21)27-18(15)26-3;2*3-2(4,5)1(6)7/h4,6-9H,5H2,1-3H3,(H3,20,21);2*(H,6,7). The van der Waals surface area contributed by atoms with Gasteiger partial charge in [-0.05, 0) is 54.2 Å². The molecule has 0 radical (unpaired) electrons. The Morgan fingerprint density at radius 1 is 1.12 bits per heavy atom. The van der Waals surface area contributed by atoms with Crippen molar-refractivity contribution >= 4 is 77.7 Å². The predicted octanol–water partition coefficient (Wildman–Crippen LogP) is 5.93. The lowest BCUT2D eigenvalue weighted by molar-refractivity contribution is -0.193. The lowest BCUT2D eigenvalue weighted by atomic mass is 10.3. The van der Waals surface area contributed by atoms with Gasteiger partial charge in [0.1, 0.15) is 5.84 Å². The number of nitrogens with two attached hydrogens (primary N) is 1. The minimum Gasteiger partial charge on any atom is -0.475 e. The molecular formula is C22H21BrF6N4O6S3. The normalized spacial score (nSPS) is 11.6. The van der Waals surface area contributed by atoms with Crippen LogP contribution in [0.3, 0.4) is 0 Å². The summed E-state index contributed by atoms with van der Waals surface area (Å²) in [6.07, 6.45) is -4.58. The highest BCUT2D eigenvalue weighted by Gasteiger charge is 2.38. The van der Waals surface area contributed by atoms with Gasteiger partial charge in [-0.3, -0.25) is 5.41 Å². The number of hydrogen-bond acceptors (Lipinski definition) is 8. The van der Waals surface area contributed by atoms with Crippen LogP contribution in [-0.4, -0.2) is 64.6 Å². The van der Waals surface area contributed by atoms with Crippen LogP contribution in [0, 0.1) is 5.41 Å². The Labute approximate surface area is 250 Å². The molecule has 0 atom stereocenters. The molecule has 0 bridgehead atoms. The third-order valence-corrected chi connectivity index (χ3v) is 9.46. The molecule has 0 aliphatic heterocycles. The number of halogens is 7. The van der Waals surface area contributed by atoms with Gasteiger partial charge in [0.2, 0.25) is 9.84 Å². The Bertz CT molecular complexity index is 1590. The molecule has 0 unspecified atom stereocenters. The summed E-state index contributed by atoms with van der Waals surface area (Å²) in [4.78, 5) is 22.9. The van der Waals surface area contributed by atoms with E-state index in [2.05, 4.69) is 27.0 Å². The second kappa shape index (κ2) is 14.4. The van der Waals surface area contributed by atoms with Crippen LogP contribution >= 0.6 is 39.0 Å². The van der Waals surface area contributed by atoms with E-state index in [1.54, 1.807) is 24.7 Å². The molecule has 42 heavy (non-hydrogen) atoms. The van der Waals surface area contributed by atoms with Crippen LogP contribution in [0.1, 0.15) is 18.7 Å². The molecule has 5 N–H and O–H groups in total. The number of carboxylic acid groups (broad SMARTS) is 2. The number of aliphatic carboxylic acids is 2. The predicted molar refractivity (Wildman–Crippen MR) is 147 cm³/mol. The first-order chi connectivity index (χ1) is 19.0. The number of benzene rings is 1. The highest BCUT2D eigenvalue weighted by Crippen LogP contribution is 2.38. The first-order valence-corrected chi connectivity index (χ1v) is 15.0. The highest BCUT2D eigenvalue weighted by atomic mass is 79.9. The van der Waals surface area contributed by atoms with Crippen LogP contribution in [0.4, 0.5) is 26.3 Å². The van der Waals surface area contributed by atoms with Crippen molar-refractivity contribution in [2.24, 2.45) is 5.73 Å². The molecule has 0 amide bonds. The molecule has 0 aliphatic rings. The minimum atomic E-state index is -5.08.